The van der Waals surface area contributed by atoms with Crippen LogP contribution >= 0.6 is 0 Å². The Hall–Kier alpha value is -2.45. The van der Waals surface area contributed by atoms with Gasteiger partial charge in [-0.2, -0.15) is 0 Å². The summed E-state index contributed by atoms with van der Waals surface area (Å²) in [6.07, 6.45) is 1.50. The van der Waals surface area contributed by atoms with Crippen molar-refractivity contribution in [3.63, 3.8) is 0 Å². The van der Waals surface area contributed by atoms with E-state index in [1.54, 1.807) is 24.9 Å². The van der Waals surface area contributed by atoms with Crippen LogP contribution in [0, 0.1) is 0 Å². The number of carbonyl (C=O) groups excluding carboxylic acids is 2. The minimum absolute atomic E-state index is 0.0909. The van der Waals surface area contributed by atoms with Gasteiger partial charge in [-0.15, -0.1) is 0 Å². The largest absolute Gasteiger partial charge is 0.515 e. The molecule has 8 nitrogen and oxygen atoms in total. The fourth-order valence-electron chi connectivity index (χ4n) is 2.27. The van der Waals surface area contributed by atoms with Crippen molar-refractivity contribution in [3.05, 3.63) is 35.7 Å². The van der Waals surface area contributed by atoms with Crippen LogP contribution in [0.2, 0.25) is 0 Å². The highest BCUT2D eigenvalue weighted by Crippen LogP contribution is 2.21. The van der Waals surface area contributed by atoms with Crippen molar-refractivity contribution in [1.82, 2.24) is 4.98 Å². The zero-order valence-corrected chi connectivity index (χ0v) is 15.6. The number of likely N-dealkylation sites (N-methyl/N-ethyl adjacent to an activating group) is 1. The number of anilines is 1. The molecule has 1 heterocycles. The molecule has 1 N–H and O–H groups in total. The van der Waals surface area contributed by atoms with E-state index in [1.165, 1.54) is 12.3 Å². The Morgan fingerprint density at radius 2 is 1.88 bits per heavy atom. The number of carbonyl (C=O) groups is 2. The first-order chi connectivity index (χ1) is 12.5. The molecule has 26 heavy (non-hydrogen) atoms. The summed E-state index contributed by atoms with van der Waals surface area (Å²) in [5.41, 5.74) is -0.296. The lowest BCUT2D eigenvalue weighted by atomic mass is 10.0. The van der Waals surface area contributed by atoms with Crippen LogP contribution in [0.25, 0.3) is 0 Å². The topological polar surface area (TPSA) is 98.2 Å². The summed E-state index contributed by atoms with van der Waals surface area (Å²) in [5.74, 6) is -1.23. The number of hydrogen-bond acceptors (Lipinski definition) is 8. The van der Waals surface area contributed by atoms with E-state index in [4.69, 9.17) is 14.2 Å². The first-order valence-electron chi connectivity index (χ1n) is 8.45. The number of nitrogens with zero attached hydrogens (tertiary/aromatic N) is 2. The number of ketones is 1. The van der Waals surface area contributed by atoms with E-state index in [0.29, 0.717) is 31.8 Å². The van der Waals surface area contributed by atoms with Gasteiger partial charge in [-0.3, -0.25) is 4.79 Å². The highest BCUT2D eigenvalue weighted by Gasteiger charge is 2.26. The van der Waals surface area contributed by atoms with Gasteiger partial charge < -0.3 is 24.2 Å². The zero-order valence-electron chi connectivity index (χ0n) is 15.6. The van der Waals surface area contributed by atoms with Crippen LogP contribution in [-0.2, 0) is 19.0 Å². The highest BCUT2D eigenvalue weighted by molar-refractivity contribution is 6.25. The molecule has 144 valence electrons. The molecule has 0 spiro atoms. The Kier molecular flexibility index (Phi) is 9.32. The molecule has 8 heteroatoms. The molecule has 0 aliphatic rings. The van der Waals surface area contributed by atoms with Gasteiger partial charge in [0, 0.05) is 26.5 Å². The standard InChI is InChI=1S/C18H26N2O6/c1-5-24-15(25-6-2)11-20(4)17-13(9-8-10-19-17)16(22)14(12-21)18(23)26-7-3/h8-10,12,15,21H,5-7,11H2,1-4H3. The van der Waals surface area contributed by atoms with Gasteiger partial charge in [-0.25, -0.2) is 9.78 Å². The van der Waals surface area contributed by atoms with E-state index in [9.17, 15) is 14.7 Å². The predicted octanol–water partition coefficient (Wildman–Crippen LogP) is 2.10. The lowest BCUT2D eigenvalue weighted by molar-refractivity contribution is -0.138. The molecule has 1 aromatic rings. The maximum Gasteiger partial charge on any atom is 0.345 e. The summed E-state index contributed by atoms with van der Waals surface area (Å²) < 4.78 is 15.8. The summed E-state index contributed by atoms with van der Waals surface area (Å²) in [6, 6.07) is 3.10. The van der Waals surface area contributed by atoms with Crippen LogP contribution in [0.15, 0.2) is 30.2 Å². The molecule has 0 atom stereocenters. The third-order valence-electron chi connectivity index (χ3n) is 3.39. The Bertz CT molecular complexity index is 626. The minimum Gasteiger partial charge on any atom is -0.515 e. The molecule has 0 amide bonds. The molecule has 0 bridgehead atoms. The van der Waals surface area contributed by atoms with E-state index >= 15 is 0 Å². The first kappa shape index (κ1) is 21.6. The van der Waals surface area contributed by atoms with Crippen molar-refractivity contribution >= 4 is 17.6 Å². The number of hydrogen-bond donors (Lipinski definition) is 1. The monoisotopic (exact) mass is 366 g/mol. The molecule has 1 rings (SSSR count). The Labute approximate surface area is 153 Å². The molecule has 0 saturated carbocycles. The normalized spacial score (nSPS) is 11.5. The molecule has 0 fully saturated rings. The number of rotatable bonds is 11. The number of esters is 1. The molecule has 0 aliphatic carbocycles. The van der Waals surface area contributed by atoms with Crippen LogP contribution < -0.4 is 4.90 Å². The van der Waals surface area contributed by atoms with E-state index in [2.05, 4.69) is 4.98 Å². The summed E-state index contributed by atoms with van der Waals surface area (Å²) in [7, 11) is 1.73. The van der Waals surface area contributed by atoms with Crippen molar-refractivity contribution in [2.24, 2.45) is 0 Å². The maximum atomic E-state index is 12.7. The molecule has 1 aromatic heterocycles. The smallest absolute Gasteiger partial charge is 0.345 e. The number of pyridine rings is 1. The van der Waals surface area contributed by atoms with E-state index in [-0.39, 0.29) is 12.2 Å². The van der Waals surface area contributed by atoms with Crippen LogP contribution in [0.5, 0.6) is 0 Å². The van der Waals surface area contributed by atoms with Crippen molar-refractivity contribution in [3.8, 4) is 0 Å². The van der Waals surface area contributed by atoms with Gasteiger partial charge in [-0.1, -0.05) is 0 Å². The number of aromatic nitrogens is 1. The minimum atomic E-state index is -0.890. The fraction of sp³-hybridized carbons (Fsp3) is 0.500. The van der Waals surface area contributed by atoms with Gasteiger partial charge in [0.1, 0.15) is 11.4 Å². The van der Waals surface area contributed by atoms with Crippen LogP contribution in [0.4, 0.5) is 5.82 Å². The SMILES string of the molecule is CCOC(=O)C(=CO)C(=O)c1cccnc1N(C)CC(OCC)OCC. The molecule has 0 aliphatic heterocycles. The van der Waals surface area contributed by atoms with Gasteiger partial charge in [0.2, 0.25) is 5.78 Å². The second kappa shape index (κ2) is 11.2. The molecular formula is C18H26N2O6. The van der Waals surface area contributed by atoms with Crippen molar-refractivity contribution < 1.29 is 28.9 Å². The average molecular weight is 366 g/mol. The Morgan fingerprint density at radius 1 is 1.23 bits per heavy atom. The molecular weight excluding hydrogens is 340 g/mol. The van der Waals surface area contributed by atoms with E-state index < -0.39 is 23.6 Å². The molecule has 0 saturated heterocycles. The van der Waals surface area contributed by atoms with Gasteiger partial charge in [0.25, 0.3) is 0 Å². The summed E-state index contributed by atoms with van der Waals surface area (Å²) in [4.78, 5) is 30.5. The van der Waals surface area contributed by atoms with Gasteiger partial charge in [-0.05, 0) is 32.9 Å². The maximum absolute atomic E-state index is 12.7. The number of aliphatic hydroxyl groups is 1. The second-order valence-corrected chi connectivity index (χ2v) is 5.19. The number of Topliss-reactive ketones (excluding diaryl/α,β-unsaturated/α-hetero) is 1. The molecule has 0 aromatic carbocycles. The summed E-state index contributed by atoms with van der Waals surface area (Å²) in [6.45, 7) is 6.71. The van der Waals surface area contributed by atoms with Crippen molar-refractivity contribution in [1.29, 1.82) is 0 Å². The van der Waals surface area contributed by atoms with Crippen LogP contribution in [0.1, 0.15) is 31.1 Å². The zero-order chi connectivity index (χ0) is 19.5. The average Bonchev–Trinajstić information content (AvgIpc) is 2.62. The third kappa shape index (κ3) is 5.82. The van der Waals surface area contributed by atoms with Crippen molar-refractivity contribution in [2.45, 2.75) is 27.1 Å². The van der Waals surface area contributed by atoms with E-state index in [0.717, 1.165) is 0 Å². The fourth-order valence-corrected chi connectivity index (χ4v) is 2.27. The first-order valence-corrected chi connectivity index (χ1v) is 8.45. The number of ether oxygens (including phenoxy) is 3. The summed E-state index contributed by atoms with van der Waals surface area (Å²) in [5, 5.41) is 9.31. The second-order valence-electron chi connectivity index (χ2n) is 5.19. The highest BCUT2D eigenvalue weighted by atomic mass is 16.7. The van der Waals surface area contributed by atoms with Crippen molar-refractivity contribution in [2.75, 3.05) is 38.3 Å². The van der Waals surface area contributed by atoms with Gasteiger partial charge >= 0.3 is 5.97 Å². The van der Waals surface area contributed by atoms with Crippen LogP contribution in [-0.4, -0.2) is 61.5 Å². The van der Waals surface area contributed by atoms with Gasteiger partial charge in [0.05, 0.1) is 25.0 Å². The van der Waals surface area contributed by atoms with Gasteiger partial charge in [0.15, 0.2) is 6.29 Å². The lowest BCUT2D eigenvalue weighted by Crippen LogP contribution is -2.34. The Morgan fingerprint density at radius 3 is 2.42 bits per heavy atom. The van der Waals surface area contributed by atoms with Crippen LogP contribution in [0.3, 0.4) is 0 Å². The van der Waals surface area contributed by atoms with E-state index in [1.807, 2.05) is 13.8 Å². The molecule has 0 radical (unpaired) electrons. The number of aliphatic hydroxyl groups excluding tert-OH is 1. The molecule has 0 unspecified atom stereocenters. The summed E-state index contributed by atoms with van der Waals surface area (Å²) >= 11 is 0. The predicted molar refractivity (Wildman–Crippen MR) is 96.2 cm³/mol. The lowest BCUT2D eigenvalue weighted by Gasteiger charge is -2.26. The Balaban J connectivity index is 3.09. The third-order valence-corrected chi connectivity index (χ3v) is 3.39. The quantitative estimate of drug-likeness (QED) is 0.121.